The number of carbonyl (C=O) groups is 2. The standard InChI is InChI=1S/C11H11ClO3/c1-7-3-5-8(6-4-7)10(13)9(12)11(14)15-2/h3-6,9H,1-2H3/t9-/m1/s1. The van der Waals surface area contributed by atoms with Gasteiger partial charge in [-0.05, 0) is 6.92 Å². The largest absolute Gasteiger partial charge is 0.468 e. The lowest BCUT2D eigenvalue weighted by molar-refractivity contribution is -0.139. The number of carbonyl (C=O) groups excluding carboxylic acids is 2. The summed E-state index contributed by atoms with van der Waals surface area (Å²) in [6, 6.07) is 6.84. The first-order valence-electron chi connectivity index (χ1n) is 4.39. The van der Waals surface area contributed by atoms with Gasteiger partial charge in [0.05, 0.1) is 7.11 Å². The molecule has 1 aromatic rings. The molecule has 0 aliphatic carbocycles. The zero-order valence-electron chi connectivity index (χ0n) is 8.49. The zero-order chi connectivity index (χ0) is 11.4. The summed E-state index contributed by atoms with van der Waals surface area (Å²) in [6.45, 7) is 1.91. The summed E-state index contributed by atoms with van der Waals surface area (Å²) < 4.78 is 4.39. The Hall–Kier alpha value is -1.35. The fourth-order valence-electron chi connectivity index (χ4n) is 1.07. The van der Waals surface area contributed by atoms with E-state index in [-0.39, 0.29) is 0 Å². The maximum atomic E-state index is 11.6. The summed E-state index contributed by atoms with van der Waals surface area (Å²) in [4.78, 5) is 22.6. The molecule has 0 amide bonds. The molecule has 3 nitrogen and oxygen atoms in total. The molecule has 4 heteroatoms. The SMILES string of the molecule is COC(=O)[C@H](Cl)C(=O)c1ccc(C)cc1. The number of ketones is 1. The van der Waals surface area contributed by atoms with Crippen molar-refractivity contribution in [1.29, 1.82) is 0 Å². The first-order valence-corrected chi connectivity index (χ1v) is 4.82. The zero-order valence-corrected chi connectivity index (χ0v) is 9.25. The highest BCUT2D eigenvalue weighted by molar-refractivity contribution is 6.43. The van der Waals surface area contributed by atoms with E-state index in [0.717, 1.165) is 5.56 Å². The monoisotopic (exact) mass is 226 g/mol. The van der Waals surface area contributed by atoms with Crippen LogP contribution in [0.3, 0.4) is 0 Å². The number of Topliss-reactive ketones (excluding diaryl/α,β-unsaturated/α-hetero) is 1. The predicted octanol–water partition coefficient (Wildman–Crippen LogP) is 1.96. The molecule has 0 fully saturated rings. The molecule has 15 heavy (non-hydrogen) atoms. The molecule has 0 radical (unpaired) electrons. The summed E-state index contributed by atoms with van der Waals surface area (Å²) in [6.07, 6.45) is 0. The van der Waals surface area contributed by atoms with Gasteiger partial charge >= 0.3 is 5.97 Å². The molecule has 0 bridgehead atoms. The molecule has 1 atom stereocenters. The minimum absolute atomic E-state index is 0.408. The van der Waals surface area contributed by atoms with Crippen molar-refractivity contribution in [2.45, 2.75) is 12.3 Å². The van der Waals surface area contributed by atoms with Crippen LogP contribution in [0, 0.1) is 6.92 Å². The quantitative estimate of drug-likeness (QED) is 0.343. The van der Waals surface area contributed by atoms with E-state index in [9.17, 15) is 9.59 Å². The molecule has 1 aromatic carbocycles. The van der Waals surface area contributed by atoms with Gasteiger partial charge in [0.15, 0.2) is 11.2 Å². The molecule has 0 unspecified atom stereocenters. The number of esters is 1. The number of methoxy groups -OCH3 is 1. The number of rotatable bonds is 3. The van der Waals surface area contributed by atoms with Gasteiger partial charge in [-0.1, -0.05) is 29.8 Å². The topological polar surface area (TPSA) is 43.4 Å². The summed E-state index contributed by atoms with van der Waals surface area (Å²) in [5.74, 6) is -1.18. The third kappa shape index (κ3) is 2.80. The van der Waals surface area contributed by atoms with Gasteiger partial charge in [0.2, 0.25) is 0 Å². The molecule has 80 valence electrons. The molecular weight excluding hydrogens is 216 g/mol. The van der Waals surface area contributed by atoms with E-state index in [1.807, 2.05) is 6.92 Å². The van der Waals surface area contributed by atoms with E-state index in [1.165, 1.54) is 7.11 Å². The summed E-state index contributed by atoms with van der Waals surface area (Å²) in [7, 11) is 1.19. The van der Waals surface area contributed by atoms with Crippen LogP contribution in [0.25, 0.3) is 0 Å². The van der Waals surface area contributed by atoms with Crippen molar-refractivity contribution in [2.24, 2.45) is 0 Å². The lowest BCUT2D eigenvalue weighted by atomic mass is 10.1. The van der Waals surface area contributed by atoms with Gasteiger partial charge in [0.1, 0.15) is 0 Å². The van der Waals surface area contributed by atoms with Crippen LogP contribution in [0.15, 0.2) is 24.3 Å². The number of halogens is 1. The Balaban J connectivity index is 2.85. The van der Waals surface area contributed by atoms with Crippen LogP contribution in [0.5, 0.6) is 0 Å². The summed E-state index contributed by atoms with van der Waals surface area (Å²) >= 11 is 5.63. The predicted molar refractivity (Wildman–Crippen MR) is 57.2 cm³/mol. The Morgan fingerprint density at radius 1 is 1.27 bits per heavy atom. The van der Waals surface area contributed by atoms with Crippen LogP contribution in [-0.4, -0.2) is 24.2 Å². The molecule has 0 aliphatic rings. The minimum atomic E-state index is -1.27. The van der Waals surface area contributed by atoms with Gasteiger partial charge in [-0.3, -0.25) is 4.79 Å². The third-order valence-electron chi connectivity index (χ3n) is 1.97. The number of hydrogen-bond donors (Lipinski definition) is 0. The van der Waals surface area contributed by atoms with Crippen molar-refractivity contribution in [3.63, 3.8) is 0 Å². The lowest BCUT2D eigenvalue weighted by Gasteiger charge is -2.06. The van der Waals surface area contributed by atoms with Crippen LogP contribution >= 0.6 is 11.6 Å². The van der Waals surface area contributed by atoms with Gasteiger partial charge < -0.3 is 4.74 Å². The van der Waals surface area contributed by atoms with Gasteiger partial charge in [0.25, 0.3) is 0 Å². The average molecular weight is 227 g/mol. The van der Waals surface area contributed by atoms with Gasteiger partial charge in [-0.2, -0.15) is 0 Å². The van der Waals surface area contributed by atoms with Crippen molar-refractivity contribution in [1.82, 2.24) is 0 Å². The Kier molecular flexibility index (Phi) is 3.86. The highest BCUT2D eigenvalue weighted by atomic mass is 35.5. The second-order valence-electron chi connectivity index (χ2n) is 3.12. The highest BCUT2D eigenvalue weighted by Gasteiger charge is 2.25. The van der Waals surface area contributed by atoms with Crippen LogP contribution in [0.2, 0.25) is 0 Å². The smallest absolute Gasteiger partial charge is 0.331 e. The molecule has 1 rings (SSSR count). The lowest BCUT2D eigenvalue weighted by Crippen LogP contribution is -2.25. The van der Waals surface area contributed by atoms with Crippen molar-refractivity contribution >= 4 is 23.4 Å². The number of alkyl halides is 1. The van der Waals surface area contributed by atoms with E-state index in [4.69, 9.17) is 11.6 Å². The van der Waals surface area contributed by atoms with E-state index >= 15 is 0 Å². The Morgan fingerprint density at radius 3 is 2.27 bits per heavy atom. The maximum Gasteiger partial charge on any atom is 0.331 e. The third-order valence-corrected chi connectivity index (χ3v) is 2.35. The van der Waals surface area contributed by atoms with Crippen molar-refractivity contribution in [3.05, 3.63) is 35.4 Å². The molecular formula is C11H11ClO3. The molecule has 0 saturated carbocycles. The first-order chi connectivity index (χ1) is 7.06. The second kappa shape index (κ2) is 4.94. The Labute approximate surface area is 93.0 Å². The maximum absolute atomic E-state index is 11.6. The minimum Gasteiger partial charge on any atom is -0.468 e. The van der Waals surface area contributed by atoms with E-state index in [0.29, 0.717) is 5.56 Å². The molecule has 0 saturated heterocycles. The summed E-state index contributed by atoms with van der Waals surface area (Å²) in [5.41, 5.74) is 1.45. The Bertz CT molecular complexity index is 370. The molecule has 0 heterocycles. The Morgan fingerprint density at radius 2 is 1.80 bits per heavy atom. The second-order valence-corrected chi connectivity index (χ2v) is 3.55. The first kappa shape index (κ1) is 11.7. The van der Waals surface area contributed by atoms with Gasteiger partial charge in [-0.25, -0.2) is 4.79 Å². The highest BCUT2D eigenvalue weighted by Crippen LogP contribution is 2.11. The fraction of sp³-hybridized carbons (Fsp3) is 0.273. The van der Waals surface area contributed by atoms with Crippen LogP contribution in [0.4, 0.5) is 0 Å². The van der Waals surface area contributed by atoms with Crippen molar-refractivity contribution in [2.75, 3.05) is 7.11 Å². The van der Waals surface area contributed by atoms with Crippen molar-refractivity contribution < 1.29 is 14.3 Å². The number of benzene rings is 1. The fourth-order valence-corrected chi connectivity index (χ4v) is 1.29. The molecule has 0 spiro atoms. The number of aryl methyl sites for hydroxylation is 1. The molecule has 0 aromatic heterocycles. The average Bonchev–Trinajstić information content (AvgIpc) is 2.27. The molecule has 0 aliphatic heterocycles. The number of ether oxygens (including phenoxy) is 1. The van der Waals surface area contributed by atoms with Crippen LogP contribution in [-0.2, 0) is 9.53 Å². The normalized spacial score (nSPS) is 11.9. The van der Waals surface area contributed by atoms with Gasteiger partial charge in [0, 0.05) is 5.56 Å². The van der Waals surface area contributed by atoms with Crippen molar-refractivity contribution in [3.8, 4) is 0 Å². The molecule has 0 N–H and O–H groups in total. The van der Waals surface area contributed by atoms with E-state index in [1.54, 1.807) is 24.3 Å². The summed E-state index contributed by atoms with van der Waals surface area (Å²) in [5, 5.41) is -1.27. The van der Waals surface area contributed by atoms with E-state index in [2.05, 4.69) is 4.74 Å². The van der Waals surface area contributed by atoms with Gasteiger partial charge in [-0.15, -0.1) is 11.6 Å². The van der Waals surface area contributed by atoms with E-state index < -0.39 is 17.1 Å². The van der Waals surface area contributed by atoms with Crippen LogP contribution in [0.1, 0.15) is 15.9 Å². The van der Waals surface area contributed by atoms with Crippen LogP contribution < -0.4 is 0 Å². The number of hydrogen-bond acceptors (Lipinski definition) is 3.